The van der Waals surface area contributed by atoms with E-state index >= 15 is 0 Å². The quantitative estimate of drug-likeness (QED) is 0.141. The van der Waals surface area contributed by atoms with Gasteiger partial charge in [0.25, 0.3) is 11.8 Å². The number of amides is 2. The number of fused-ring (bicyclic) bond motifs is 1. The highest BCUT2D eigenvalue weighted by molar-refractivity contribution is 8.00. The Balaban J connectivity index is 1.35. The standard InChI is InChI=1S/C23H23N9O5S2/c1-11-25-18(28-30(11)2)12-5-4-6-31(7-12)8-13-9-38-21-16(20(34)32(21)17(13)22(35)36)27-19(33)15(29-37-3)14-10-39-23(24)26-14/h4-7,10,16,21H,8-9H2,1-3H3,(H3-,24,26,27,33,35,36)/b29-15-/t16-,21-/m1/s1. The molecule has 2 amide bonds. The number of anilines is 1. The molecule has 14 nitrogen and oxygen atoms in total. The molecular formula is C23H23N9O5S2. The number of thioether (sulfide) groups is 1. The Kier molecular flexibility index (Phi) is 7.05. The van der Waals surface area contributed by atoms with Gasteiger partial charge in [0.15, 0.2) is 35.6 Å². The molecule has 2 aliphatic heterocycles. The fraction of sp³-hybridized carbons (Fsp3) is 0.304. The molecule has 39 heavy (non-hydrogen) atoms. The number of thiazole rings is 1. The Hall–Kier alpha value is -4.31. The number of nitrogens with one attached hydrogen (secondary N) is 1. The first-order chi connectivity index (χ1) is 18.7. The molecule has 16 heteroatoms. The Labute approximate surface area is 230 Å². The van der Waals surface area contributed by atoms with Crippen molar-refractivity contribution >= 4 is 51.7 Å². The minimum absolute atomic E-state index is 0.150. The number of carbonyl (C=O) groups is 3. The van der Waals surface area contributed by atoms with Crippen molar-refractivity contribution in [2.45, 2.75) is 24.9 Å². The Morgan fingerprint density at radius 1 is 1.38 bits per heavy atom. The summed E-state index contributed by atoms with van der Waals surface area (Å²) in [6, 6.07) is 2.71. The summed E-state index contributed by atoms with van der Waals surface area (Å²) in [6.07, 6.45) is 3.60. The second-order valence-electron chi connectivity index (χ2n) is 8.67. The summed E-state index contributed by atoms with van der Waals surface area (Å²) in [5.74, 6) is -1.12. The van der Waals surface area contributed by atoms with Gasteiger partial charge in [-0.25, -0.2) is 14.5 Å². The lowest BCUT2D eigenvalue weighted by molar-refractivity contribution is -0.688. The van der Waals surface area contributed by atoms with Crippen LogP contribution in [-0.2, 0) is 32.8 Å². The van der Waals surface area contributed by atoms with Crippen molar-refractivity contribution in [2.75, 3.05) is 18.6 Å². The molecule has 2 atom stereocenters. The van der Waals surface area contributed by atoms with E-state index in [2.05, 4.69) is 25.5 Å². The Morgan fingerprint density at radius 3 is 2.82 bits per heavy atom. The first-order valence-electron chi connectivity index (χ1n) is 11.6. The van der Waals surface area contributed by atoms with Crippen LogP contribution in [0.2, 0.25) is 0 Å². The minimum atomic E-state index is -1.47. The molecule has 202 valence electrons. The summed E-state index contributed by atoms with van der Waals surface area (Å²) >= 11 is 2.46. The van der Waals surface area contributed by atoms with Crippen molar-refractivity contribution in [3.05, 3.63) is 52.7 Å². The van der Waals surface area contributed by atoms with Crippen LogP contribution in [0.25, 0.3) is 11.4 Å². The molecule has 0 aliphatic carbocycles. The molecule has 0 spiro atoms. The highest BCUT2D eigenvalue weighted by Crippen LogP contribution is 2.40. The first kappa shape index (κ1) is 26.3. The number of carboxylic acids is 1. The minimum Gasteiger partial charge on any atom is -0.543 e. The van der Waals surface area contributed by atoms with Gasteiger partial charge in [-0.05, 0) is 13.0 Å². The van der Waals surface area contributed by atoms with Crippen LogP contribution in [-0.4, -0.2) is 72.4 Å². The van der Waals surface area contributed by atoms with E-state index in [1.54, 1.807) is 22.5 Å². The number of nitrogens with two attached hydrogens (primary N) is 1. The molecule has 1 fully saturated rings. The fourth-order valence-electron chi connectivity index (χ4n) is 4.25. The molecule has 3 N–H and O–H groups in total. The number of nitrogen functional groups attached to an aromatic ring is 1. The highest BCUT2D eigenvalue weighted by Gasteiger charge is 2.53. The third-order valence-corrected chi connectivity index (χ3v) is 8.17. The second kappa shape index (κ2) is 10.5. The van der Waals surface area contributed by atoms with E-state index in [1.165, 1.54) is 24.3 Å². The molecule has 3 aromatic rings. The Bertz CT molecular complexity index is 1530. The monoisotopic (exact) mass is 569 g/mol. The summed E-state index contributed by atoms with van der Waals surface area (Å²) in [4.78, 5) is 52.6. The predicted molar refractivity (Wildman–Crippen MR) is 138 cm³/mol. The van der Waals surface area contributed by atoms with Gasteiger partial charge in [-0.3, -0.25) is 19.2 Å². The SMILES string of the molecule is CO/N=C(\C(=O)N[C@@H]1C(=O)N2C(C(=O)[O-])=C(C[n+]3cccc(-c4nc(C)n(C)n4)c3)CS[C@H]12)c1csc(N)n1. The summed E-state index contributed by atoms with van der Waals surface area (Å²) in [5, 5.41) is 24.1. The molecular weight excluding hydrogens is 546 g/mol. The van der Waals surface area contributed by atoms with Gasteiger partial charge in [0.05, 0.1) is 17.2 Å². The number of hydrogen-bond donors (Lipinski definition) is 2. The zero-order valence-corrected chi connectivity index (χ0v) is 22.7. The third kappa shape index (κ3) is 4.95. The van der Waals surface area contributed by atoms with Crippen molar-refractivity contribution in [1.82, 2.24) is 30.0 Å². The molecule has 1 saturated heterocycles. The van der Waals surface area contributed by atoms with Crippen LogP contribution in [0, 0.1) is 6.92 Å². The molecule has 0 aromatic carbocycles. The van der Waals surface area contributed by atoms with Crippen LogP contribution in [0.15, 0.2) is 46.3 Å². The number of rotatable bonds is 8. The average molecular weight is 570 g/mol. The van der Waals surface area contributed by atoms with Crippen molar-refractivity contribution < 1.29 is 28.9 Å². The molecule has 0 radical (unpaired) electrons. The number of carbonyl (C=O) groups excluding carboxylic acids is 3. The third-order valence-electron chi connectivity index (χ3n) is 6.16. The number of pyridine rings is 1. The summed E-state index contributed by atoms with van der Waals surface area (Å²) in [6.45, 7) is 2.05. The average Bonchev–Trinajstić information content (AvgIpc) is 3.49. The lowest BCUT2D eigenvalue weighted by atomic mass is 10.0. The van der Waals surface area contributed by atoms with Gasteiger partial charge < -0.3 is 25.8 Å². The van der Waals surface area contributed by atoms with E-state index in [9.17, 15) is 19.5 Å². The van der Waals surface area contributed by atoms with Gasteiger partial charge in [0, 0.05) is 29.8 Å². The number of oxime groups is 1. The number of β-lactam (4-membered cyclic amide) rings is 1. The number of aliphatic carboxylic acids is 1. The topological polar surface area (TPSA) is 185 Å². The van der Waals surface area contributed by atoms with Gasteiger partial charge >= 0.3 is 0 Å². The normalized spacial score (nSPS) is 19.0. The van der Waals surface area contributed by atoms with Crippen LogP contribution in [0.4, 0.5) is 5.13 Å². The second-order valence-corrected chi connectivity index (χ2v) is 10.7. The molecule has 5 heterocycles. The van der Waals surface area contributed by atoms with E-state index < -0.39 is 29.2 Å². The zero-order chi connectivity index (χ0) is 27.8. The van der Waals surface area contributed by atoms with Gasteiger partial charge in [-0.2, -0.15) is 5.10 Å². The summed E-state index contributed by atoms with van der Waals surface area (Å²) in [5.41, 5.74) is 6.77. The van der Waals surface area contributed by atoms with Crippen LogP contribution < -0.4 is 20.7 Å². The lowest BCUT2D eigenvalue weighted by Gasteiger charge is -2.50. The number of aromatic nitrogens is 5. The van der Waals surface area contributed by atoms with Crippen LogP contribution >= 0.6 is 23.1 Å². The zero-order valence-electron chi connectivity index (χ0n) is 21.0. The van der Waals surface area contributed by atoms with E-state index in [0.29, 0.717) is 17.2 Å². The molecule has 5 rings (SSSR count). The maximum absolute atomic E-state index is 13.1. The van der Waals surface area contributed by atoms with Crippen LogP contribution in [0.1, 0.15) is 11.5 Å². The maximum Gasteiger partial charge on any atom is 0.276 e. The summed E-state index contributed by atoms with van der Waals surface area (Å²) < 4.78 is 3.47. The largest absolute Gasteiger partial charge is 0.543 e. The van der Waals surface area contributed by atoms with E-state index in [0.717, 1.165) is 27.6 Å². The van der Waals surface area contributed by atoms with Crippen molar-refractivity contribution in [2.24, 2.45) is 12.2 Å². The number of hydrogen-bond acceptors (Lipinski definition) is 12. The fourth-order valence-corrected chi connectivity index (χ4v) is 6.14. The molecule has 0 saturated carbocycles. The smallest absolute Gasteiger partial charge is 0.276 e. The maximum atomic E-state index is 13.1. The highest BCUT2D eigenvalue weighted by atomic mass is 32.2. The number of aryl methyl sites for hydroxylation is 2. The predicted octanol–water partition coefficient (Wildman–Crippen LogP) is -1.43. The van der Waals surface area contributed by atoms with E-state index in [4.69, 9.17) is 10.6 Å². The molecule has 0 bridgehead atoms. The van der Waals surface area contributed by atoms with E-state index in [-0.39, 0.29) is 28.8 Å². The molecule has 0 unspecified atom stereocenters. The molecule has 3 aromatic heterocycles. The van der Waals surface area contributed by atoms with Crippen molar-refractivity contribution in [3.8, 4) is 11.4 Å². The Morgan fingerprint density at radius 2 is 2.18 bits per heavy atom. The van der Waals surface area contributed by atoms with Crippen LogP contribution in [0.5, 0.6) is 0 Å². The van der Waals surface area contributed by atoms with Crippen LogP contribution in [0.3, 0.4) is 0 Å². The van der Waals surface area contributed by atoms with Crippen molar-refractivity contribution in [1.29, 1.82) is 0 Å². The van der Waals surface area contributed by atoms with Gasteiger partial charge in [-0.15, -0.1) is 23.1 Å². The number of nitrogens with zero attached hydrogens (tertiary/aromatic N) is 7. The lowest BCUT2D eigenvalue weighted by Crippen LogP contribution is -2.71. The molecule has 2 aliphatic rings. The summed E-state index contributed by atoms with van der Waals surface area (Å²) in [7, 11) is 3.08. The first-order valence-corrected chi connectivity index (χ1v) is 13.5. The van der Waals surface area contributed by atoms with Gasteiger partial charge in [-0.1, -0.05) is 5.16 Å². The van der Waals surface area contributed by atoms with E-state index in [1.807, 2.05) is 25.3 Å². The number of carboxylic acid groups (broad SMARTS) is 1. The van der Waals surface area contributed by atoms with Gasteiger partial charge in [0.2, 0.25) is 0 Å². The van der Waals surface area contributed by atoms with Crippen molar-refractivity contribution in [3.63, 3.8) is 0 Å². The van der Waals surface area contributed by atoms with Gasteiger partial charge in [0.1, 0.15) is 30.0 Å².